The number of aromatic hydroxyl groups is 1. The molecule has 0 saturated heterocycles. The second-order valence-corrected chi connectivity index (χ2v) is 4.01. The van der Waals surface area contributed by atoms with Crippen LogP contribution in [-0.4, -0.2) is 30.6 Å². The maximum absolute atomic E-state index is 13.5. The lowest BCUT2D eigenvalue weighted by atomic mass is 10.1. The summed E-state index contributed by atoms with van der Waals surface area (Å²) in [4.78, 5) is 22.9. The molecule has 7 heteroatoms. The van der Waals surface area contributed by atoms with E-state index in [9.17, 15) is 19.1 Å². The number of hydrogen-bond acceptors (Lipinski definition) is 5. The summed E-state index contributed by atoms with van der Waals surface area (Å²) in [7, 11) is 1.13. The molecule has 0 fully saturated rings. The summed E-state index contributed by atoms with van der Waals surface area (Å²) in [6.45, 7) is 1.55. The number of ketones is 1. The maximum Gasteiger partial charge on any atom is 0.379 e. The first-order valence-electron chi connectivity index (χ1n) is 4.90. The van der Waals surface area contributed by atoms with Gasteiger partial charge in [0.2, 0.25) is 0 Å². The van der Waals surface area contributed by atoms with Crippen LogP contribution in [0.15, 0.2) is 10.5 Å². The van der Waals surface area contributed by atoms with Crippen LogP contribution in [0.5, 0.6) is 11.5 Å². The van der Waals surface area contributed by atoms with E-state index >= 15 is 0 Å². The van der Waals surface area contributed by atoms with Crippen molar-refractivity contribution in [3.05, 3.63) is 21.9 Å². The largest absolute Gasteiger partial charge is 0.504 e. The number of rotatable bonds is 4. The van der Waals surface area contributed by atoms with Gasteiger partial charge in [0.25, 0.3) is 5.78 Å². The Morgan fingerprint density at radius 2 is 2.11 bits per heavy atom. The number of carbonyl (C=O) groups excluding carboxylic acids is 2. The third-order valence-electron chi connectivity index (χ3n) is 2.06. The Morgan fingerprint density at radius 3 is 2.61 bits per heavy atom. The van der Waals surface area contributed by atoms with Gasteiger partial charge < -0.3 is 14.6 Å². The Bertz CT molecular complexity index is 501. The van der Waals surface area contributed by atoms with Crippen LogP contribution in [-0.2, 0) is 9.53 Å². The highest BCUT2D eigenvalue weighted by Gasteiger charge is 2.26. The summed E-state index contributed by atoms with van der Waals surface area (Å²) in [5.41, 5.74) is -0.390. The normalized spacial score (nSPS) is 10.0. The monoisotopic (exact) mass is 320 g/mol. The number of benzene rings is 1. The Kier molecular flexibility index (Phi) is 4.66. The van der Waals surface area contributed by atoms with Crippen LogP contribution >= 0.6 is 15.9 Å². The summed E-state index contributed by atoms with van der Waals surface area (Å²) < 4.78 is 22.5. The minimum Gasteiger partial charge on any atom is -0.504 e. The predicted molar refractivity (Wildman–Crippen MR) is 63.3 cm³/mol. The van der Waals surface area contributed by atoms with E-state index in [1.165, 1.54) is 6.92 Å². The second-order valence-electron chi connectivity index (χ2n) is 3.15. The van der Waals surface area contributed by atoms with E-state index in [0.29, 0.717) is 0 Å². The number of phenols is 1. The van der Waals surface area contributed by atoms with E-state index in [1.54, 1.807) is 0 Å². The minimum atomic E-state index is -1.13. The van der Waals surface area contributed by atoms with Crippen LogP contribution in [0.25, 0.3) is 0 Å². The lowest BCUT2D eigenvalue weighted by Crippen LogP contribution is -2.18. The van der Waals surface area contributed by atoms with E-state index in [2.05, 4.69) is 25.4 Å². The molecule has 1 rings (SSSR count). The van der Waals surface area contributed by atoms with Crippen LogP contribution in [0, 0.1) is 5.82 Å². The van der Waals surface area contributed by atoms with Gasteiger partial charge in [0.1, 0.15) is 0 Å². The molecule has 1 aromatic rings. The fraction of sp³-hybridized carbons (Fsp3) is 0.273. The second kappa shape index (κ2) is 5.81. The molecule has 0 radical (unpaired) electrons. The van der Waals surface area contributed by atoms with Gasteiger partial charge in [-0.3, -0.25) is 4.79 Å². The highest BCUT2D eigenvalue weighted by molar-refractivity contribution is 9.10. The molecule has 0 aromatic heterocycles. The standard InChI is InChI=1S/C11H10BrFO5/c1-3-18-11(16)9(15)5-4-6(12)7(13)10(17-2)8(5)14/h4,14H,3H2,1-2H3. The first kappa shape index (κ1) is 14.4. The van der Waals surface area contributed by atoms with Crippen molar-refractivity contribution in [1.82, 2.24) is 0 Å². The topological polar surface area (TPSA) is 72.8 Å². The van der Waals surface area contributed by atoms with Crippen molar-refractivity contribution in [2.45, 2.75) is 6.92 Å². The molecule has 1 aromatic carbocycles. The van der Waals surface area contributed by atoms with Crippen LogP contribution in [0.1, 0.15) is 17.3 Å². The van der Waals surface area contributed by atoms with Gasteiger partial charge in [-0.2, -0.15) is 0 Å². The first-order valence-corrected chi connectivity index (χ1v) is 5.69. The van der Waals surface area contributed by atoms with Crippen LogP contribution in [0.2, 0.25) is 0 Å². The third-order valence-corrected chi connectivity index (χ3v) is 2.64. The highest BCUT2D eigenvalue weighted by atomic mass is 79.9. The van der Waals surface area contributed by atoms with Crippen LogP contribution < -0.4 is 4.74 Å². The predicted octanol–water partition coefficient (Wildman–Crippen LogP) is 2.05. The van der Waals surface area contributed by atoms with E-state index in [0.717, 1.165) is 13.2 Å². The number of methoxy groups -OCH3 is 1. The zero-order chi connectivity index (χ0) is 13.9. The number of esters is 1. The molecule has 0 aliphatic rings. The summed E-state index contributed by atoms with van der Waals surface area (Å²) in [6.07, 6.45) is 0. The molecule has 18 heavy (non-hydrogen) atoms. The summed E-state index contributed by atoms with van der Waals surface area (Å²) in [6, 6.07) is 0.992. The molecular weight excluding hydrogens is 311 g/mol. The van der Waals surface area contributed by atoms with Crippen molar-refractivity contribution < 1.29 is 28.6 Å². The van der Waals surface area contributed by atoms with Gasteiger partial charge in [0.05, 0.1) is 23.8 Å². The Labute approximate surface area is 111 Å². The molecule has 5 nitrogen and oxygen atoms in total. The molecule has 0 saturated carbocycles. The average Bonchev–Trinajstić information content (AvgIpc) is 2.34. The maximum atomic E-state index is 13.5. The molecule has 0 bridgehead atoms. The summed E-state index contributed by atoms with van der Waals surface area (Å²) in [5.74, 6) is -4.33. The van der Waals surface area contributed by atoms with Crippen molar-refractivity contribution in [1.29, 1.82) is 0 Å². The van der Waals surface area contributed by atoms with E-state index in [-0.39, 0.29) is 11.1 Å². The number of hydrogen-bond donors (Lipinski definition) is 1. The molecule has 0 unspecified atom stereocenters. The number of Topliss-reactive ketones (excluding diaryl/α,β-unsaturated/α-hetero) is 1. The van der Waals surface area contributed by atoms with Gasteiger partial charge >= 0.3 is 5.97 Å². The SMILES string of the molecule is CCOC(=O)C(=O)c1cc(Br)c(F)c(OC)c1O. The van der Waals surface area contributed by atoms with Gasteiger partial charge in [-0.25, -0.2) is 9.18 Å². The molecule has 98 valence electrons. The molecule has 1 N–H and O–H groups in total. The van der Waals surface area contributed by atoms with E-state index < -0.39 is 34.6 Å². The summed E-state index contributed by atoms with van der Waals surface area (Å²) >= 11 is 2.86. The fourth-order valence-corrected chi connectivity index (χ4v) is 1.67. The van der Waals surface area contributed by atoms with Gasteiger partial charge in [-0.15, -0.1) is 0 Å². The van der Waals surface area contributed by atoms with Crippen molar-refractivity contribution >= 4 is 27.7 Å². The lowest BCUT2D eigenvalue weighted by Gasteiger charge is -2.10. The fourth-order valence-electron chi connectivity index (χ4n) is 1.26. The molecule has 0 atom stereocenters. The highest BCUT2D eigenvalue weighted by Crippen LogP contribution is 2.37. The lowest BCUT2D eigenvalue weighted by molar-refractivity contribution is -0.137. The molecular formula is C11H10BrFO5. The van der Waals surface area contributed by atoms with Crippen molar-refractivity contribution in [3.8, 4) is 11.5 Å². The quantitative estimate of drug-likeness (QED) is 0.522. The molecule has 0 aliphatic heterocycles. The third kappa shape index (κ3) is 2.61. The summed E-state index contributed by atoms with van der Waals surface area (Å²) in [5, 5.41) is 9.67. The number of ether oxygens (including phenoxy) is 2. The number of carbonyl (C=O) groups is 2. The van der Waals surface area contributed by atoms with Gasteiger partial charge in [0.15, 0.2) is 17.3 Å². The molecule has 0 amide bonds. The van der Waals surface area contributed by atoms with E-state index in [4.69, 9.17) is 0 Å². The first-order chi connectivity index (χ1) is 8.43. The zero-order valence-corrected chi connectivity index (χ0v) is 11.2. The van der Waals surface area contributed by atoms with Gasteiger partial charge in [-0.05, 0) is 28.9 Å². The number of phenolic OH excluding ortho intramolecular Hbond substituents is 1. The van der Waals surface area contributed by atoms with Gasteiger partial charge in [0, 0.05) is 0 Å². The molecule has 0 aliphatic carbocycles. The van der Waals surface area contributed by atoms with Crippen molar-refractivity contribution in [2.24, 2.45) is 0 Å². The van der Waals surface area contributed by atoms with E-state index in [1.807, 2.05) is 0 Å². The zero-order valence-electron chi connectivity index (χ0n) is 9.62. The molecule has 0 spiro atoms. The smallest absolute Gasteiger partial charge is 0.379 e. The molecule has 0 heterocycles. The van der Waals surface area contributed by atoms with Gasteiger partial charge in [-0.1, -0.05) is 0 Å². The average molecular weight is 321 g/mol. The van der Waals surface area contributed by atoms with Crippen LogP contribution in [0.4, 0.5) is 4.39 Å². The van der Waals surface area contributed by atoms with Crippen LogP contribution in [0.3, 0.4) is 0 Å². The van der Waals surface area contributed by atoms with Crippen molar-refractivity contribution in [2.75, 3.05) is 13.7 Å². The Balaban J connectivity index is 3.30. The Hall–Kier alpha value is -1.63. The Morgan fingerprint density at radius 1 is 1.50 bits per heavy atom. The minimum absolute atomic E-state index is 0.0187. The number of halogens is 2. The van der Waals surface area contributed by atoms with Crippen molar-refractivity contribution in [3.63, 3.8) is 0 Å².